The number of hydrogen-bond acceptors (Lipinski definition) is 4. The standard InChI is InChI=1S/C25H22ClF2N5O2/c1-24(35)10-25(11-24)12-32(13-25)23(34)14-6-7-33-18(8-14)29-20(21(33)26)19-15(4-3-5-17(19)27)16-9-31(2)30-22(16)28/h3-9,35H,10-13H2,1-2H3. The Morgan fingerprint density at radius 3 is 2.57 bits per heavy atom. The molecule has 180 valence electrons. The van der Waals surface area contributed by atoms with Crippen LogP contribution in [0.3, 0.4) is 0 Å². The van der Waals surface area contributed by atoms with E-state index in [0.29, 0.717) is 37.1 Å². The minimum atomic E-state index is -0.729. The smallest absolute Gasteiger partial charge is 0.254 e. The number of benzene rings is 1. The molecule has 35 heavy (non-hydrogen) atoms. The second-order valence-electron chi connectivity index (χ2n) is 10.1. The third-order valence-corrected chi connectivity index (χ3v) is 7.35. The number of pyridine rings is 1. The maximum Gasteiger partial charge on any atom is 0.254 e. The number of halogens is 3. The van der Waals surface area contributed by atoms with Crippen LogP contribution in [0.4, 0.5) is 8.78 Å². The van der Waals surface area contributed by atoms with Crippen molar-refractivity contribution in [3.63, 3.8) is 0 Å². The SMILES string of the molecule is Cn1cc(-c2cccc(F)c2-c2nc3cc(C(=O)N4CC5(C4)CC(C)(O)C5)ccn3c2Cl)c(F)n1. The minimum Gasteiger partial charge on any atom is -0.390 e. The fraction of sp³-hybridized carbons (Fsp3) is 0.320. The molecule has 0 radical (unpaired) electrons. The molecule has 7 nitrogen and oxygen atoms in total. The molecule has 1 aliphatic carbocycles. The van der Waals surface area contributed by atoms with E-state index in [9.17, 15) is 14.3 Å². The molecule has 0 unspecified atom stereocenters. The van der Waals surface area contributed by atoms with Gasteiger partial charge in [0, 0.05) is 54.6 Å². The van der Waals surface area contributed by atoms with E-state index in [4.69, 9.17) is 11.6 Å². The molecular formula is C25H22ClF2N5O2. The van der Waals surface area contributed by atoms with Crippen LogP contribution in [-0.2, 0) is 7.05 Å². The van der Waals surface area contributed by atoms with Gasteiger partial charge >= 0.3 is 0 Å². The summed E-state index contributed by atoms with van der Waals surface area (Å²) < 4.78 is 32.4. The van der Waals surface area contributed by atoms with Crippen LogP contribution in [0.1, 0.15) is 30.1 Å². The Morgan fingerprint density at radius 1 is 1.17 bits per heavy atom. The second-order valence-corrected chi connectivity index (χ2v) is 10.4. The summed E-state index contributed by atoms with van der Waals surface area (Å²) in [5.74, 6) is -1.46. The monoisotopic (exact) mass is 497 g/mol. The quantitative estimate of drug-likeness (QED) is 0.457. The van der Waals surface area contributed by atoms with Crippen LogP contribution >= 0.6 is 11.6 Å². The third kappa shape index (κ3) is 3.44. The fourth-order valence-electron chi connectivity index (χ4n) is 5.82. The minimum absolute atomic E-state index is 0.0237. The van der Waals surface area contributed by atoms with Gasteiger partial charge in [-0.1, -0.05) is 23.7 Å². The van der Waals surface area contributed by atoms with Crippen molar-refractivity contribution >= 4 is 23.2 Å². The van der Waals surface area contributed by atoms with Gasteiger partial charge in [0.25, 0.3) is 5.91 Å². The van der Waals surface area contributed by atoms with Crippen LogP contribution in [0.15, 0.2) is 42.7 Å². The number of likely N-dealkylation sites (tertiary alicyclic amines) is 1. The van der Waals surface area contributed by atoms with E-state index in [2.05, 4.69) is 10.1 Å². The molecule has 0 bridgehead atoms. The third-order valence-electron chi connectivity index (χ3n) is 6.99. The Balaban J connectivity index is 1.36. The van der Waals surface area contributed by atoms with Gasteiger partial charge in [-0.15, -0.1) is 5.10 Å². The Labute approximate surface area is 204 Å². The van der Waals surface area contributed by atoms with Crippen molar-refractivity contribution in [3.8, 4) is 22.4 Å². The highest BCUT2D eigenvalue weighted by Crippen LogP contribution is 2.54. The summed E-state index contributed by atoms with van der Waals surface area (Å²) in [6, 6.07) is 7.61. The first-order valence-corrected chi connectivity index (χ1v) is 11.6. The Bertz CT molecular complexity index is 1510. The van der Waals surface area contributed by atoms with Crippen LogP contribution in [0, 0.1) is 17.2 Å². The van der Waals surface area contributed by atoms with E-state index in [-0.39, 0.29) is 38.9 Å². The van der Waals surface area contributed by atoms with Crippen molar-refractivity contribution in [2.75, 3.05) is 13.1 Å². The zero-order chi connectivity index (χ0) is 24.7. The molecule has 1 saturated heterocycles. The van der Waals surface area contributed by atoms with Crippen molar-refractivity contribution in [1.82, 2.24) is 24.1 Å². The van der Waals surface area contributed by atoms with Crippen LogP contribution in [0.2, 0.25) is 5.15 Å². The number of fused-ring (bicyclic) bond motifs is 1. The predicted octanol–water partition coefficient (Wildman–Crippen LogP) is 4.32. The molecule has 1 N–H and O–H groups in total. The molecule has 1 aliphatic heterocycles. The van der Waals surface area contributed by atoms with Gasteiger partial charge in [-0.05, 0) is 38.0 Å². The number of carbonyl (C=O) groups excluding carboxylic acids is 1. The highest BCUT2D eigenvalue weighted by Gasteiger charge is 2.58. The summed E-state index contributed by atoms with van der Waals surface area (Å²) in [6.07, 6.45) is 4.49. The number of hydrogen-bond donors (Lipinski definition) is 1. The van der Waals surface area contributed by atoms with E-state index in [1.807, 2.05) is 6.92 Å². The van der Waals surface area contributed by atoms with E-state index in [0.717, 1.165) is 0 Å². The lowest BCUT2D eigenvalue weighted by Gasteiger charge is -2.61. The topological polar surface area (TPSA) is 75.7 Å². The van der Waals surface area contributed by atoms with Crippen molar-refractivity contribution in [3.05, 3.63) is 65.2 Å². The molecule has 4 aromatic rings. The number of aliphatic hydroxyl groups is 1. The van der Waals surface area contributed by atoms with Gasteiger partial charge in [-0.3, -0.25) is 13.9 Å². The van der Waals surface area contributed by atoms with E-state index < -0.39 is 17.4 Å². The Morgan fingerprint density at radius 2 is 1.91 bits per heavy atom. The predicted molar refractivity (Wildman–Crippen MR) is 126 cm³/mol. The summed E-state index contributed by atoms with van der Waals surface area (Å²) in [5, 5.41) is 13.9. The maximum atomic E-state index is 15.1. The first-order chi connectivity index (χ1) is 16.6. The summed E-state index contributed by atoms with van der Waals surface area (Å²) >= 11 is 6.59. The van der Waals surface area contributed by atoms with Gasteiger partial charge in [0.05, 0.1) is 11.2 Å². The van der Waals surface area contributed by atoms with E-state index in [1.54, 1.807) is 40.7 Å². The van der Waals surface area contributed by atoms with Gasteiger partial charge in [0.1, 0.15) is 22.3 Å². The largest absolute Gasteiger partial charge is 0.390 e. The number of aromatic nitrogens is 4. The molecule has 1 amide bonds. The lowest BCUT2D eigenvalue weighted by Crippen LogP contribution is -2.68. The lowest BCUT2D eigenvalue weighted by molar-refractivity contribution is -0.169. The number of imidazole rings is 1. The fourth-order valence-corrected chi connectivity index (χ4v) is 6.10. The Hall–Kier alpha value is -3.30. The van der Waals surface area contributed by atoms with Gasteiger partial charge in [-0.2, -0.15) is 4.39 Å². The lowest BCUT2D eigenvalue weighted by atomic mass is 9.56. The van der Waals surface area contributed by atoms with Crippen LogP contribution in [0.25, 0.3) is 28.0 Å². The first kappa shape index (κ1) is 22.2. The highest BCUT2D eigenvalue weighted by molar-refractivity contribution is 6.32. The molecular weight excluding hydrogens is 476 g/mol. The Kier molecular flexibility index (Phi) is 4.66. The highest BCUT2D eigenvalue weighted by atomic mass is 35.5. The summed E-state index contributed by atoms with van der Waals surface area (Å²) in [7, 11) is 1.58. The molecule has 6 rings (SSSR count). The van der Waals surface area contributed by atoms with Gasteiger partial charge in [-0.25, -0.2) is 9.37 Å². The molecule has 2 aliphatic rings. The van der Waals surface area contributed by atoms with Gasteiger partial charge in [0.15, 0.2) is 0 Å². The summed E-state index contributed by atoms with van der Waals surface area (Å²) in [5.41, 5.74) is 0.816. The molecule has 10 heteroatoms. The number of carbonyl (C=O) groups is 1. The number of amides is 1. The molecule has 0 atom stereocenters. The molecule has 1 saturated carbocycles. The molecule has 2 fully saturated rings. The first-order valence-electron chi connectivity index (χ1n) is 11.2. The zero-order valence-corrected chi connectivity index (χ0v) is 19.9. The van der Waals surface area contributed by atoms with Crippen molar-refractivity contribution in [1.29, 1.82) is 0 Å². The van der Waals surface area contributed by atoms with Crippen LogP contribution in [-0.4, -0.2) is 53.8 Å². The van der Waals surface area contributed by atoms with Crippen molar-refractivity contribution in [2.24, 2.45) is 12.5 Å². The average molecular weight is 498 g/mol. The number of aryl methyl sites for hydroxylation is 1. The maximum absolute atomic E-state index is 15.1. The van der Waals surface area contributed by atoms with Crippen molar-refractivity contribution in [2.45, 2.75) is 25.4 Å². The average Bonchev–Trinajstić information content (AvgIpc) is 3.27. The van der Waals surface area contributed by atoms with Gasteiger partial charge < -0.3 is 10.0 Å². The number of rotatable bonds is 3. The van der Waals surface area contributed by atoms with Crippen LogP contribution < -0.4 is 0 Å². The number of nitrogens with zero attached hydrogens (tertiary/aromatic N) is 5. The molecule has 1 spiro atoms. The normalized spacial score (nSPS) is 18.1. The summed E-state index contributed by atoms with van der Waals surface area (Å²) in [6.45, 7) is 3.05. The van der Waals surface area contributed by atoms with E-state index in [1.165, 1.54) is 23.0 Å². The zero-order valence-electron chi connectivity index (χ0n) is 19.1. The van der Waals surface area contributed by atoms with Crippen molar-refractivity contribution < 1.29 is 18.7 Å². The second kappa shape index (κ2) is 7.35. The van der Waals surface area contributed by atoms with Gasteiger partial charge in [0.2, 0.25) is 5.95 Å². The molecule has 3 aromatic heterocycles. The molecule has 1 aromatic carbocycles. The van der Waals surface area contributed by atoms with Crippen LogP contribution in [0.5, 0.6) is 0 Å². The van der Waals surface area contributed by atoms with E-state index >= 15 is 4.39 Å². The summed E-state index contributed by atoms with van der Waals surface area (Å²) in [4.78, 5) is 19.3. The molecule has 4 heterocycles.